The molecule has 0 aliphatic rings. The van der Waals surface area contributed by atoms with Gasteiger partial charge in [0.25, 0.3) is 11.6 Å². The number of carbonyl (C=O) groups is 1. The minimum absolute atomic E-state index is 0.0356. The number of nitrogens with zero attached hydrogens (tertiary/aromatic N) is 3. The van der Waals surface area contributed by atoms with Crippen molar-refractivity contribution < 1.29 is 9.72 Å². The number of aromatic nitrogens is 1. The van der Waals surface area contributed by atoms with Crippen molar-refractivity contribution in [1.29, 1.82) is 0 Å². The van der Waals surface area contributed by atoms with Crippen LogP contribution in [0.4, 0.5) is 5.69 Å². The number of hydrogen-bond donors (Lipinski definition) is 1. The molecule has 0 radical (unpaired) electrons. The predicted molar refractivity (Wildman–Crippen MR) is 82.3 cm³/mol. The van der Waals surface area contributed by atoms with E-state index in [1.807, 2.05) is 0 Å². The Bertz CT molecular complexity index is 709. The summed E-state index contributed by atoms with van der Waals surface area (Å²) in [6.07, 6.45) is 6.25. The Morgan fingerprint density at radius 3 is 2.64 bits per heavy atom. The first-order chi connectivity index (χ1) is 10.7. The summed E-state index contributed by atoms with van der Waals surface area (Å²) in [5.74, 6) is -0.402. The normalized spacial score (nSPS) is 10.9. The zero-order chi connectivity index (χ0) is 15.8. The third-order valence-corrected chi connectivity index (χ3v) is 2.62. The number of rotatable bonds is 5. The van der Waals surface area contributed by atoms with Crippen molar-refractivity contribution in [2.75, 3.05) is 0 Å². The number of hydrazone groups is 1. The number of hydrogen-bond acceptors (Lipinski definition) is 5. The lowest BCUT2D eigenvalue weighted by Gasteiger charge is -1.96. The molecule has 0 saturated heterocycles. The molecule has 1 aromatic heterocycles. The van der Waals surface area contributed by atoms with Gasteiger partial charge in [0.2, 0.25) is 0 Å². The zero-order valence-electron chi connectivity index (χ0n) is 11.4. The maximum atomic E-state index is 11.6. The van der Waals surface area contributed by atoms with Gasteiger partial charge in [0, 0.05) is 24.5 Å². The molecule has 0 spiro atoms. The molecule has 2 rings (SSSR count). The molecule has 2 aromatic rings. The second-order valence-corrected chi connectivity index (χ2v) is 4.14. The summed E-state index contributed by atoms with van der Waals surface area (Å²) in [4.78, 5) is 25.5. The van der Waals surface area contributed by atoms with E-state index in [0.29, 0.717) is 0 Å². The molecule has 22 heavy (non-hydrogen) atoms. The van der Waals surface area contributed by atoms with E-state index in [-0.39, 0.29) is 11.4 Å². The van der Waals surface area contributed by atoms with Gasteiger partial charge in [-0.3, -0.25) is 19.9 Å². The molecule has 0 aliphatic heterocycles. The van der Waals surface area contributed by atoms with Crippen molar-refractivity contribution in [3.05, 3.63) is 76.1 Å². The Labute approximate surface area is 126 Å². The van der Waals surface area contributed by atoms with Gasteiger partial charge in [-0.05, 0) is 35.9 Å². The number of nitro groups is 1. The van der Waals surface area contributed by atoms with Crippen LogP contribution in [0.3, 0.4) is 0 Å². The lowest BCUT2D eigenvalue weighted by Crippen LogP contribution is -2.18. The first-order valence-corrected chi connectivity index (χ1v) is 6.32. The summed E-state index contributed by atoms with van der Waals surface area (Å²) >= 11 is 0. The Hall–Kier alpha value is -3.35. The van der Waals surface area contributed by atoms with Gasteiger partial charge in [0.15, 0.2) is 0 Å². The summed E-state index contributed by atoms with van der Waals surface area (Å²) in [6.45, 7) is 0. The second kappa shape index (κ2) is 7.44. The maximum absolute atomic E-state index is 11.6. The molecule has 1 amide bonds. The van der Waals surface area contributed by atoms with E-state index in [0.717, 1.165) is 5.56 Å². The van der Waals surface area contributed by atoms with E-state index < -0.39 is 10.8 Å². The van der Waals surface area contributed by atoms with E-state index in [1.54, 1.807) is 42.5 Å². The van der Waals surface area contributed by atoms with Crippen molar-refractivity contribution in [1.82, 2.24) is 10.4 Å². The summed E-state index contributed by atoms with van der Waals surface area (Å²) in [5, 5.41) is 14.3. The van der Waals surface area contributed by atoms with Gasteiger partial charge in [-0.1, -0.05) is 12.1 Å². The van der Waals surface area contributed by atoms with Gasteiger partial charge in [-0.15, -0.1) is 0 Å². The molecule has 1 N–H and O–H groups in total. The molecule has 0 unspecified atom stereocenters. The highest BCUT2D eigenvalue weighted by atomic mass is 16.6. The average molecular weight is 296 g/mol. The maximum Gasteiger partial charge on any atom is 0.289 e. The highest BCUT2D eigenvalue weighted by Crippen LogP contribution is 2.12. The van der Waals surface area contributed by atoms with Crippen LogP contribution in [0.1, 0.15) is 16.1 Å². The lowest BCUT2D eigenvalue weighted by atomic mass is 10.2. The zero-order valence-corrected chi connectivity index (χ0v) is 11.4. The fourth-order valence-electron chi connectivity index (χ4n) is 1.55. The SMILES string of the molecule is O=C(N/N=C/C=C\c1ccc([N+](=O)[O-])cc1)c1ccccn1. The number of non-ortho nitro benzene ring substituents is 1. The van der Waals surface area contributed by atoms with Crippen molar-refractivity contribution in [3.63, 3.8) is 0 Å². The summed E-state index contributed by atoms with van der Waals surface area (Å²) < 4.78 is 0. The lowest BCUT2D eigenvalue weighted by molar-refractivity contribution is -0.384. The van der Waals surface area contributed by atoms with Crippen molar-refractivity contribution in [2.45, 2.75) is 0 Å². The number of nitro benzene ring substituents is 1. The van der Waals surface area contributed by atoms with Gasteiger partial charge >= 0.3 is 0 Å². The van der Waals surface area contributed by atoms with Crippen molar-refractivity contribution in [3.8, 4) is 0 Å². The molecule has 0 saturated carbocycles. The first-order valence-electron chi connectivity index (χ1n) is 6.32. The van der Waals surface area contributed by atoms with Crippen LogP contribution in [-0.2, 0) is 0 Å². The smallest absolute Gasteiger partial charge is 0.266 e. The van der Waals surface area contributed by atoms with Gasteiger partial charge in [-0.2, -0.15) is 5.10 Å². The molecular weight excluding hydrogens is 284 g/mol. The Morgan fingerprint density at radius 1 is 1.23 bits per heavy atom. The molecular formula is C15H12N4O3. The third kappa shape index (κ3) is 4.34. The molecule has 7 nitrogen and oxygen atoms in total. The van der Waals surface area contributed by atoms with Crippen LogP contribution in [0.25, 0.3) is 6.08 Å². The highest BCUT2D eigenvalue weighted by molar-refractivity contribution is 5.92. The van der Waals surface area contributed by atoms with E-state index in [1.165, 1.54) is 24.5 Å². The highest BCUT2D eigenvalue weighted by Gasteiger charge is 2.03. The van der Waals surface area contributed by atoms with E-state index >= 15 is 0 Å². The van der Waals surface area contributed by atoms with Crippen LogP contribution < -0.4 is 5.43 Å². The second-order valence-electron chi connectivity index (χ2n) is 4.14. The molecule has 0 bridgehead atoms. The predicted octanol–water partition coefficient (Wildman–Crippen LogP) is 2.42. The van der Waals surface area contributed by atoms with E-state index in [4.69, 9.17) is 0 Å². The number of carbonyl (C=O) groups excluding carboxylic acids is 1. The first kappa shape index (κ1) is 15.0. The summed E-state index contributed by atoms with van der Waals surface area (Å²) in [6, 6.07) is 11.1. The number of allylic oxidation sites excluding steroid dienone is 1. The van der Waals surface area contributed by atoms with Crippen LogP contribution in [-0.4, -0.2) is 22.0 Å². The van der Waals surface area contributed by atoms with Gasteiger partial charge in [-0.25, -0.2) is 5.43 Å². The topological polar surface area (TPSA) is 97.5 Å². The number of benzene rings is 1. The standard InChI is InChI=1S/C15H12N4O3/c20-15(14-5-1-2-10-16-14)18-17-11-3-4-12-6-8-13(9-7-12)19(21)22/h1-11H,(H,18,20)/b4-3-,17-11+. The third-order valence-electron chi connectivity index (χ3n) is 2.62. The Balaban J connectivity index is 1.87. The molecule has 0 atom stereocenters. The van der Waals surface area contributed by atoms with Crippen LogP contribution in [0.15, 0.2) is 59.8 Å². The quantitative estimate of drug-likeness (QED) is 0.520. The van der Waals surface area contributed by atoms with E-state index in [2.05, 4.69) is 15.5 Å². The number of pyridine rings is 1. The Morgan fingerprint density at radius 2 is 2.00 bits per heavy atom. The number of nitrogens with one attached hydrogen (secondary N) is 1. The molecule has 110 valence electrons. The van der Waals surface area contributed by atoms with Gasteiger partial charge in [0.05, 0.1) is 4.92 Å². The molecule has 7 heteroatoms. The largest absolute Gasteiger partial charge is 0.289 e. The average Bonchev–Trinajstić information content (AvgIpc) is 2.55. The van der Waals surface area contributed by atoms with Crippen LogP contribution in [0.2, 0.25) is 0 Å². The summed E-state index contributed by atoms with van der Waals surface area (Å²) in [7, 11) is 0. The monoisotopic (exact) mass is 296 g/mol. The molecule has 1 heterocycles. The van der Waals surface area contributed by atoms with Crippen LogP contribution >= 0.6 is 0 Å². The van der Waals surface area contributed by atoms with E-state index in [9.17, 15) is 14.9 Å². The van der Waals surface area contributed by atoms with Crippen LogP contribution in [0.5, 0.6) is 0 Å². The Kier molecular flexibility index (Phi) is 5.09. The van der Waals surface area contributed by atoms with Crippen molar-refractivity contribution in [2.24, 2.45) is 5.10 Å². The molecule has 0 fully saturated rings. The summed E-state index contributed by atoms with van der Waals surface area (Å²) in [5.41, 5.74) is 3.43. The minimum Gasteiger partial charge on any atom is -0.266 e. The minimum atomic E-state index is -0.456. The molecule has 1 aromatic carbocycles. The molecule has 0 aliphatic carbocycles. The number of amides is 1. The fourth-order valence-corrected chi connectivity index (χ4v) is 1.55. The van der Waals surface area contributed by atoms with Gasteiger partial charge in [0.1, 0.15) is 5.69 Å². The van der Waals surface area contributed by atoms with Crippen LogP contribution in [0, 0.1) is 10.1 Å². The van der Waals surface area contributed by atoms with Gasteiger partial charge < -0.3 is 0 Å². The van der Waals surface area contributed by atoms with Crippen molar-refractivity contribution >= 4 is 23.9 Å². The fraction of sp³-hybridized carbons (Fsp3) is 0.